The predicted molar refractivity (Wildman–Crippen MR) is 90.4 cm³/mol. The van der Waals surface area contributed by atoms with Gasteiger partial charge in [0.1, 0.15) is 0 Å². The molecule has 0 amide bonds. The maximum Gasteiger partial charge on any atom is 0.0900 e. The van der Waals surface area contributed by atoms with Crippen molar-refractivity contribution in [2.45, 2.75) is 57.4 Å². The molecule has 4 nitrogen and oxygen atoms in total. The highest BCUT2D eigenvalue weighted by atomic mass is 16.5. The van der Waals surface area contributed by atoms with E-state index >= 15 is 0 Å². The normalized spacial score (nSPS) is 22.7. The van der Waals surface area contributed by atoms with Gasteiger partial charge in [0.15, 0.2) is 0 Å². The Labute approximate surface area is 139 Å². The van der Waals surface area contributed by atoms with E-state index in [2.05, 4.69) is 36.1 Å². The second kappa shape index (κ2) is 8.25. The van der Waals surface area contributed by atoms with Gasteiger partial charge in [0, 0.05) is 25.7 Å². The lowest BCUT2D eigenvalue weighted by Crippen LogP contribution is -2.36. The van der Waals surface area contributed by atoms with Gasteiger partial charge in [-0.05, 0) is 38.2 Å². The van der Waals surface area contributed by atoms with Gasteiger partial charge < -0.3 is 14.6 Å². The van der Waals surface area contributed by atoms with Crippen LogP contribution < -0.4 is 0 Å². The minimum absolute atomic E-state index is 0.231. The Balaban J connectivity index is 1.43. The summed E-state index contributed by atoms with van der Waals surface area (Å²) in [5, 5.41) is 10.3. The Bertz CT molecular complexity index is 483. The van der Waals surface area contributed by atoms with Crippen LogP contribution in [0, 0.1) is 6.92 Å². The first-order chi connectivity index (χ1) is 11.2. The number of nitrogens with zero attached hydrogens (tertiary/aromatic N) is 1. The lowest BCUT2D eigenvalue weighted by atomic mass is 10.1. The molecule has 2 fully saturated rings. The summed E-state index contributed by atoms with van der Waals surface area (Å²) in [6.07, 6.45) is 4.50. The van der Waals surface area contributed by atoms with Crippen LogP contribution in [0.25, 0.3) is 0 Å². The van der Waals surface area contributed by atoms with Crippen LogP contribution in [0.1, 0.15) is 36.8 Å². The molecule has 1 aromatic carbocycles. The fourth-order valence-electron chi connectivity index (χ4n) is 3.26. The van der Waals surface area contributed by atoms with Crippen molar-refractivity contribution in [1.82, 2.24) is 4.90 Å². The number of aliphatic hydroxyl groups excluding tert-OH is 1. The highest BCUT2D eigenvalue weighted by Gasteiger charge is 2.30. The summed E-state index contributed by atoms with van der Waals surface area (Å²) in [4.78, 5) is 2.40. The fourth-order valence-corrected chi connectivity index (χ4v) is 3.26. The quantitative estimate of drug-likeness (QED) is 0.759. The van der Waals surface area contributed by atoms with Crippen LogP contribution >= 0.6 is 0 Å². The van der Waals surface area contributed by atoms with Crippen molar-refractivity contribution in [3.63, 3.8) is 0 Å². The summed E-state index contributed by atoms with van der Waals surface area (Å²) in [6.45, 7) is 5.58. The van der Waals surface area contributed by atoms with Crippen molar-refractivity contribution in [1.29, 1.82) is 0 Å². The Morgan fingerprint density at radius 1 is 1.35 bits per heavy atom. The number of rotatable bonds is 9. The van der Waals surface area contributed by atoms with Crippen molar-refractivity contribution in [3.05, 3.63) is 35.4 Å². The Morgan fingerprint density at radius 2 is 2.22 bits per heavy atom. The molecule has 23 heavy (non-hydrogen) atoms. The number of aryl methyl sites for hydroxylation is 1. The average Bonchev–Trinajstić information content (AvgIpc) is 3.24. The maximum absolute atomic E-state index is 10.3. The van der Waals surface area contributed by atoms with Gasteiger partial charge in [-0.3, -0.25) is 4.90 Å². The van der Waals surface area contributed by atoms with Crippen LogP contribution in [0.15, 0.2) is 24.3 Å². The van der Waals surface area contributed by atoms with Crippen molar-refractivity contribution in [2.75, 3.05) is 26.4 Å². The number of benzene rings is 1. The van der Waals surface area contributed by atoms with E-state index in [1.54, 1.807) is 0 Å². The molecule has 2 unspecified atom stereocenters. The monoisotopic (exact) mass is 319 g/mol. The van der Waals surface area contributed by atoms with E-state index in [1.165, 1.54) is 24.0 Å². The second-order valence-corrected chi connectivity index (χ2v) is 6.98. The number of hydrogen-bond acceptors (Lipinski definition) is 4. The molecule has 0 spiro atoms. The molecule has 4 heteroatoms. The highest BCUT2D eigenvalue weighted by Crippen LogP contribution is 2.28. The smallest absolute Gasteiger partial charge is 0.0900 e. The third-order valence-corrected chi connectivity index (χ3v) is 4.61. The average molecular weight is 319 g/mol. The van der Waals surface area contributed by atoms with Crippen molar-refractivity contribution in [2.24, 2.45) is 0 Å². The van der Waals surface area contributed by atoms with Gasteiger partial charge in [-0.15, -0.1) is 0 Å². The molecule has 0 radical (unpaired) electrons. The van der Waals surface area contributed by atoms with E-state index < -0.39 is 6.10 Å². The van der Waals surface area contributed by atoms with Gasteiger partial charge in [0.2, 0.25) is 0 Å². The Morgan fingerprint density at radius 3 is 2.91 bits per heavy atom. The number of ether oxygens (including phenoxy) is 2. The molecule has 3 rings (SSSR count). The number of hydrogen-bond donors (Lipinski definition) is 1. The van der Waals surface area contributed by atoms with Gasteiger partial charge in [-0.1, -0.05) is 29.8 Å². The van der Waals surface area contributed by atoms with E-state index in [0.29, 0.717) is 25.8 Å². The molecule has 1 N–H and O–H groups in total. The molecule has 0 aromatic heterocycles. The Kier molecular flexibility index (Phi) is 6.06. The lowest BCUT2D eigenvalue weighted by molar-refractivity contribution is -0.0265. The highest BCUT2D eigenvalue weighted by molar-refractivity contribution is 5.22. The molecule has 1 aromatic rings. The first-order valence-corrected chi connectivity index (χ1v) is 8.87. The molecule has 128 valence electrons. The van der Waals surface area contributed by atoms with Gasteiger partial charge in [-0.2, -0.15) is 0 Å². The molecule has 1 saturated heterocycles. The lowest BCUT2D eigenvalue weighted by Gasteiger charge is -2.25. The summed E-state index contributed by atoms with van der Waals surface area (Å²) >= 11 is 0. The van der Waals surface area contributed by atoms with Crippen LogP contribution in [0.2, 0.25) is 0 Å². The van der Waals surface area contributed by atoms with E-state index in [9.17, 15) is 5.11 Å². The third kappa shape index (κ3) is 5.57. The summed E-state index contributed by atoms with van der Waals surface area (Å²) in [6, 6.07) is 9.26. The SMILES string of the molecule is Cc1cccc(CN(CC(O)COCC2CCCO2)C2CC2)c1. The standard InChI is InChI=1S/C19H29NO3/c1-15-4-2-5-16(10-15)11-20(17-7-8-17)12-18(21)13-22-14-19-6-3-9-23-19/h2,4-5,10,17-19,21H,3,6-9,11-14H2,1H3. The molecule has 1 aliphatic heterocycles. The summed E-state index contributed by atoms with van der Waals surface area (Å²) in [7, 11) is 0. The molecule has 0 bridgehead atoms. The second-order valence-electron chi connectivity index (χ2n) is 6.98. The van der Waals surface area contributed by atoms with Gasteiger partial charge in [0.25, 0.3) is 0 Å². The van der Waals surface area contributed by atoms with Crippen molar-refractivity contribution in [3.8, 4) is 0 Å². The topological polar surface area (TPSA) is 41.9 Å². The van der Waals surface area contributed by atoms with Crippen LogP contribution in [0.4, 0.5) is 0 Å². The zero-order valence-electron chi connectivity index (χ0n) is 14.1. The van der Waals surface area contributed by atoms with E-state index in [1.807, 2.05) is 0 Å². The van der Waals surface area contributed by atoms with Crippen molar-refractivity contribution >= 4 is 0 Å². The van der Waals surface area contributed by atoms with Crippen LogP contribution in [-0.2, 0) is 16.0 Å². The van der Waals surface area contributed by atoms with Gasteiger partial charge >= 0.3 is 0 Å². The van der Waals surface area contributed by atoms with Crippen LogP contribution in [0.3, 0.4) is 0 Å². The molecular formula is C19H29NO3. The zero-order valence-corrected chi connectivity index (χ0v) is 14.1. The molecular weight excluding hydrogens is 290 g/mol. The molecule has 2 atom stereocenters. The molecule has 1 aliphatic carbocycles. The summed E-state index contributed by atoms with van der Waals surface area (Å²) in [5.74, 6) is 0. The summed E-state index contributed by atoms with van der Waals surface area (Å²) < 4.78 is 11.2. The van der Waals surface area contributed by atoms with Crippen molar-refractivity contribution < 1.29 is 14.6 Å². The first kappa shape index (κ1) is 16.9. The number of aliphatic hydroxyl groups is 1. The minimum atomic E-state index is -0.429. The molecule has 1 heterocycles. The fraction of sp³-hybridized carbons (Fsp3) is 0.684. The maximum atomic E-state index is 10.3. The summed E-state index contributed by atoms with van der Waals surface area (Å²) in [5.41, 5.74) is 2.61. The van der Waals surface area contributed by atoms with Gasteiger partial charge in [-0.25, -0.2) is 0 Å². The largest absolute Gasteiger partial charge is 0.389 e. The third-order valence-electron chi connectivity index (χ3n) is 4.61. The minimum Gasteiger partial charge on any atom is -0.389 e. The zero-order chi connectivity index (χ0) is 16.1. The van der Waals surface area contributed by atoms with Crippen LogP contribution in [0.5, 0.6) is 0 Å². The Hall–Kier alpha value is -0.940. The van der Waals surface area contributed by atoms with Gasteiger partial charge in [0.05, 0.1) is 25.4 Å². The molecule has 1 saturated carbocycles. The van der Waals surface area contributed by atoms with Crippen LogP contribution in [-0.4, -0.2) is 54.6 Å². The molecule has 2 aliphatic rings. The first-order valence-electron chi connectivity index (χ1n) is 8.87. The van der Waals surface area contributed by atoms with E-state index in [-0.39, 0.29) is 6.10 Å². The predicted octanol–water partition coefficient (Wildman–Crippen LogP) is 2.52. The van der Waals surface area contributed by atoms with E-state index in [4.69, 9.17) is 9.47 Å². The van der Waals surface area contributed by atoms with E-state index in [0.717, 1.165) is 26.0 Å².